The Hall–Kier alpha value is 0.0969. The SMILES string of the molecule is CCCO[Si](OCCC)(OCCC)C(C)(C)C(CC)CC. The maximum Gasteiger partial charge on any atom is 0.507 e. The van der Waals surface area contributed by atoms with E-state index in [1.54, 1.807) is 0 Å². The van der Waals surface area contributed by atoms with Gasteiger partial charge in [0.15, 0.2) is 0 Å². The Morgan fingerprint density at radius 2 is 1.05 bits per heavy atom. The lowest BCUT2D eigenvalue weighted by molar-refractivity contribution is 0.0257. The van der Waals surface area contributed by atoms with Crippen molar-refractivity contribution in [3.05, 3.63) is 0 Å². The van der Waals surface area contributed by atoms with Gasteiger partial charge in [-0.25, -0.2) is 0 Å². The molecule has 0 N–H and O–H groups in total. The first-order valence-electron chi connectivity index (χ1n) is 8.87. The first-order valence-corrected chi connectivity index (χ1v) is 10.6. The molecule has 0 saturated heterocycles. The van der Waals surface area contributed by atoms with Crippen LogP contribution in [0.25, 0.3) is 0 Å². The zero-order valence-corrected chi connectivity index (χ0v) is 16.5. The fraction of sp³-hybridized carbons (Fsp3) is 1.00. The molecule has 4 heteroatoms. The van der Waals surface area contributed by atoms with Crippen LogP contribution in [0, 0.1) is 5.92 Å². The summed E-state index contributed by atoms with van der Waals surface area (Å²) in [6, 6.07) is 0. The van der Waals surface area contributed by atoms with Gasteiger partial charge in [0.25, 0.3) is 0 Å². The van der Waals surface area contributed by atoms with Gasteiger partial charge < -0.3 is 13.3 Å². The van der Waals surface area contributed by atoms with E-state index in [-0.39, 0.29) is 5.04 Å². The highest BCUT2D eigenvalue weighted by Gasteiger charge is 2.58. The number of hydrogen-bond donors (Lipinski definition) is 0. The largest absolute Gasteiger partial charge is 0.507 e. The Morgan fingerprint density at radius 3 is 1.29 bits per heavy atom. The van der Waals surface area contributed by atoms with E-state index < -0.39 is 8.80 Å². The van der Waals surface area contributed by atoms with Gasteiger partial charge in [-0.05, 0) is 25.2 Å². The van der Waals surface area contributed by atoms with Gasteiger partial charge in [-0.3, -0.25) is 0 Å². The molecule has 0 saturated carbocycles. The van der Waals surface area contributed by atoms with Crippen molar-refractivity contribution in [3.8, 4) is 0 Å². The van der Waals surface area contributed by atoms with E-state index in [0.29, 0.717) is 5.92 Å². The van der Waals surface area contributed by atoms with Crippen molar-refractivity contribution in [3.63, 3.8) is 0 Å². The van der Waals surface area contributed by atoms with E-state index in [1.807, 2.05) is 0 Å². The van der Waals surface area contributed by atoms with Crippen molar-refractivity contribution in [2.24, 2.45) is 5.92 Å². The first kappa shape index (κ1) is 21.1. The molecule has 0 atom stereocenters. The van der Waals surface area contributed by atoms with Gasteiger partial charge in [-0.15, -0.1) is 0 Å². The normalized spacial score (nSPS) is 13.1. The van der Waals surface area contributed by atoms with Crippen molar-refractivity contribution in [2.45, 2.75) is 85.6 Å². The fourth-order valence-corrected chi connectivity index (χ4v) is 6.64. The third-order valence-electron chi connectivity index (χ3n) is 4.28. The molecule has 0 unspecified atom stereocenters. The predicted octanol–water partition coefficient (Wildman–Crippen LogP) is 5.42. The minimum Gasteiger partial charge on any atom is -0.373 e. The minimum atomic E-state index is -2.69. The van der Waals surface area contributed by atoms with Gasteiger partial charge in [-0.2, -0.15) is 0 Å². The monoisotopic (exact) mass is 318 g/mol. The van der Waals surface area contributed by atoms with Gasteiger partial charge in [0, 0.05) is 24.9 Å². The van der Waals surface area contributed by atoms with Crippen LogP contribution in [-0.4, -0.2) is 28.6 Å². The van der Waals surface area contributed by atoms with Crippen molar-refractivity contribution >= 4 is 8.80 Å². The number of hydrogen-bond acceptors (Lipinski definition) is 3. The van der Waals surface area contributed by atoms with Crippen LogP contribution < -0.4 is 0 Å². The third kappa shape index (κ3) is 5.66. The Labute approximate surface area is 134 Å². The summed E-state index contributed by atoms with van der Waals surface area (Å²) in [5.41, 5.74) is 0. The van der Waals surface area contributed by atoms with Crippen LogP contribution in [0.15, 0.2) is 0 Å². The van der Waals surface area contributed by atoms with Gasteiger partial charge in [0.1, 0.15) is 0 Å². The Balaban J connectivity index is 5.44. The van der Waals surface area contributed by atoms with Gasteiger partial charge in [0.05, 0.1) is 0 Å². The van der Waals surface area contributed by atoms with Gasteiger partial charge in [-0.1, -0.05) is 61.3 Å². The molecule has 0 aliphatic carbocycles. The molecule has 0 aliphatic rings. The van der Waals surface area contributed by atoms with Crippen LogP contribution in [0.2, 0.25) is 5.04 Å². The van der Waals surface area contributed by atoms with Crippen molar-refractivity contribution in [1.29, 1.82) is 0 Å². The average Bonchev–Trinajstić information content (AvgIpc) is 2.47. The molecule has 3 nitrogen and oxygen atoms in total. The summed E-state index contributed by atoms with van der Waals surface area (Å²) in [6.45, 7) is 17.7. The summed E-state index contributed by atoms with van der Waals surface area (Å²) in [5, 5.41) is -0.0456. The molecule has 21 heavy (non-hydrogen) atoms. The van der Waals surface area contributed by atoms with Crippen LogP contribution in [0.1, 0.15) is 80.6 Å². The second kappa shape index (κ2) is 10.8. The maximum absolute atomic E-state index is 6.33. The summed E-state index contributed by atoms with van der Waals surface area (Å²) >= 11 is 0. The fourth-order valence-electron chi connectivity index (χ4n) is 2.95. The molecule has 0 fully saturated rings. The summed E-state index contributed by atoms with van der Waals surface area (Å²) in [6.07, 6.45) is 5.27. The average molecular weight is 319 g/mol. The molecule has 0 aliphatic heterocycles. The van der Waals surface area contributed by atoms with Crippen LogP contribution in [-0.2, 0) is 13.3 Å². The summed E-state index contributed by atoms with van der Waals surface area (Å²) in [5.74, 6) is 0.565. The van der Waals surface area contributed by atoms with E-state index in [2.05, 4.69) is 48.5 Å². The zero-order chi connectivity index (χ0) is 16.4. The van der Waals surface area contributed by atoms with Crippen LogP contribution in [0.4, 0.5) is 0 Å². The highest BCUT2D eigenvalue weighted by molar-refractivity contribution is 6.64. The van der Waals surface area contributed by atoms with E-state index in [0.717, 1.165) is 51.9 Å². The van der Waals surface area contributed by atoms with Crippen LogP contribution in [0.3, 0.4) is 0 Å². The molecule has 0 bridgehead atoms. The molecule has 0 rings (SSSR count). The second-order valence-corrected chi connectivity index (χ2v) is 9.60. The van der Waals surface area contributed by atoms with Crippen LogP contribution >= 0.6 is 0 Å². The van der Waals surface area contributed by atoms with Crippen molar-refractivity contribution in [1.82, 2.24) is 0 Å². The second-order valence-electron chi connectivity index (χ2n) is 6.34. The quantitative estimate of drug-likeness (QED) is 0.424. The summed E-state index contributed by atoms with van der Waals surface area (Å²) in [4.78, 5) is 0. The molecule has 0 aromatic heterocycles. The molecule has 0 radical (unpaired) electrons. The Morgan fingerprint density at radius 1 is 0.714 bits per heavy atom. The minimum absolute atomic E-state index is 0.0456. The van der Waals surface area contributed by atoms with E-state index in [9.17, 15) is 0 Å². The number of rotatable bonds is 13. The van der Waals surface area contributed by atoms with Crippen LogP contribution in [0.5, 0.6) is 0 Å². The third-order valence-corrected chi connectivity index (χ3v) is 8.02. The lowest BCUT2D eigenvalue weighted by Gasteiger charge is -2.45. The highest BCUT2D eigenvalue weighted by Crippen LogP contribution is 2.49. The molecule has 0 spiro atoms. The lowest BCUT2D eigenvalue weighted by Crippen LogP contribution is -2.57. The van der Waals surface area contributed by atoms with Gasteiger partial charge in [0.2, 0.25) is 0 Å². The Kier molecular flexibility index (Phi) is 10.8. The molecule has 0 amide bonds. The van der Waals surface area contributed by atoms with Crippen molar-refractivity contribution in [2.75, 3.05) is 19.8 Å². The molecule has 0 aromatic rings. The molecule has 0 aromatic carbocycles. The highest BCUT2D eigenvalue weighted by atomic mass is 28.4. The predicted molar refractivity (Wildman–Crippen MR) is 92.6 cm³/mol. The van der Waals surface area contributed by atoms with E-state index in [1.165, 1.54) is 0 Å². The summed E-state index contributed by atoms with van der Waals surface area (Å²) in [7, 11) is -2.69. The maximum atomic E-state index is 6.33. The Bertz CT molecular complexity index is 231. The van der Waals surface area contributed by atoms with E-state index in [4.69, 9.17) is 13.3 Å². The molecular weight excluding hydrogens is 280 g/mol. The smallest absolute Gasteiger partial charge is 0.373 e. The van der Waals surface area contributed by atoms with E-state index >= 15 is 0 Å². The molecule has 128 valence electrons. The standard InChI is InChI=1S/C17H38O3Si/c1-8-13-18-21(19-14-9-2,20-15-10-3)17(6,7)16(11-4)12-5/h16H,8-15H2,1-7H3. The molecular formula is C17H38O3Si. The topological polar surface area (TPSA) is 27.7 Å². The zero-order valence-electron chi connectivity index (χ0n) is 15.5. The van der Waals surface area contributed by atoms with Gasteiger partial charge >= 0.3 is 8.80 Å². The van der Waals surface area contributed by atoms with Crippen molar-refractivity contribution < 1.29 is 13.3 Å². The molecule has 0 heterocycles. The first-order chi connectivity index (χ1) is 9.95. The lowest BCUT2D eigenvalue weighted by atomic mass is 9.90. The summed E-state index contributed by atoms with van der Waals surface area (Å²) < 4.78 is 19.0.